The molecule has 7 nitrogen and oxygen atoms in total. The number of nitrogens with zero attached hydrogens (tertiary/aromatic N) is 2. The Morgan fingerprint density at radius 2 is 1.87 bits per heavy atom. The number of esters is 1. The molecule has 1 aromatic heterocycles. The van der Waals surface area contributed by atoms with E-state index in [4.69, 9.17) is 9.47 Å². The van der Waals surface area contributed by atoms with Crippen LogP contribution in [-0.4, -0.2) is 29.7 Å². The number of benzene rings is 2. The summed E-state index contributed by atoms with van der Waals surface area (Å²) in [5.41, 5.74) is 3.91. The summed E-state index contributed by atoms with van der Waals surface area (Å²) in [6.45, 7) is 2.22. The molecule has 2 aromatic carbocycles. The van der Waals surface area contributed by atoms with Gasteiger partial charge < -0.3 is 9.47 Å². The average molecular weight is 468 g/mol. The molecule has 152 valence electrons. The fraction of sp³-hybridized carbons (Fsp3) is 0.0909. The molecule has 3 rings (SSSR count). The molecule has 1 N–H and O–H groups in total. The van der Waals surface area contributed by atoms with E-state index in [2.05, 4.69) is 31.4 Å². The molecule has 0 saturated heterocycles. The zero-order valence-corrected chi connectivity index (χ0v) is 17.6. The number of carbonyl (C=O) groups is 2. The highest BCUT2D eigenvalue weighted by Gasteiger charge is 2.13. The second-order valence-electron chi connectivity index (χ2n) is 5.99. The van der Waals surface area contributed by atoms with E-state index in [1.54, 1.807) is 54.7 Å². The van der Waals surface area contributed by atoms with Crippen LogP contribution in [0.5, 0.6) is 11.5 Å². The molecular weight excluding hydrogens is 450 g/mol. The van der Waals surface area contributed by atoms with E-state index in [-0.39, 0.29) is 0 Å². The number of halogens is 1. The number of nitrogens with one attached hydrogen (secondary N) is 1. The molecule has 0 aliphatic heterocycles. The van der Waals surface area contributed by atoms with Crippen molar-refractivity contribution in [3.05, 3.63) is 88.2 Å². The molecule has 0 atom stereocenters. The lowest BCUT2D eigenvalue weighted by atomic mass is 10.2. The zero-order chi connectivity index (χ0) is 21.3. The van der Waals surface area contributed by atoms with Crippen molar-refractivity contribution in [2.75, 3.05) is 6.61 Å². The number of hydrazone groups is 1. The quantitative estimate of drug-likeness (QED) is 0.243. The van der Waals surface area contributed by atoms with Crippen molar-refractivity contribution in [1.29, 1.82) is 0 Å². The molecule has 8 heteroatoms. The van der Waals surface area contributed by atoms with Crippen molar-refractivity contribution in [3.8, 4) is 11.5 Å². The Morgan fingerprint density at radius 3 is 2.60 bits per heavy atom. The van der Waals surface area contributed by atoms with Gasteiger partial charge in [-0.3, -0.25) is 9.78 Å². The Bertz CT molecular complexity index is 1070. The van der Waals surface area contributed by atoms with Gasteiger partial charge in [-0.25, -0.2) is 10.2 Å². The first kappa shape index (κ1) is 21.2. The standard InChI is InChI=1S/C22H18BrN3O4/c1-2-29-20-10-15(12-25-26-21(27)17-11-18(23)14-24-13-17)8-9-19(20)30-22(28)16-6-4-3-5-7-16/h3-14H,2H2,1H3,(H,26,27). The molecule has 0 fully saturated rings. The number of aromatic nitrogens is 1. The second kappa shape index (κ2) is 10.3. The van der Waals surface area contributed by atoms with E-state index >= 15 is 0 Å². The summed E-state index contributed by atoms with van der Waals surface area (Å²) in [4.78, 5) is 28.3. The van der Waals surface area contributed by atoms with Crippen molar-refractivity contribution in [2.24, 2.45) is 5.10 Å². The summed E-state index contributed by atoms with van der Waals surface area (Å²) in [6, 6.07) is 15.3. The van der Waals surface area contributed by atoms with Crippen LogP contribution >= 0.6 is 15.9 Å². The zero-order valence-electron chi connectivity index (χ0n) is 16.0. The second-order valence-corrected chi connectivity index (χ2v) is 6.90. The lowest BCUT2D eigenvalue weighted by molar-refractivity contribution is 0.0728. The summed E-state index contributed by atoms with van der Waals surface area (Å²) < 4.78 is 11.7. The Kier molecular flexibility index (Phi) is 7.29. The van der Waals surface area contributed by atoms with Crippen molar-refractivity contribution >= 4 is 34.0 Å². The highest BCUT2D eigenvalue weighted by Crippen LogP contribution is 2.29. The third-order valence-corrected chi connectivity index (χ3v) is 4.26. The van der Waals surface area contributed by atoms with E-state index in [1.165, 1.54) is 12.4 Å². The van der Waals surface area contributed by atoms with Crippen LogP contribution in [0.1, 0.15) is 33.2 Å². The van der Waals surface area contributed by atoms with E-state index in [9.17, 15) is 9.59 Å². The van der Waals surface area contributed by atoms with Crippen LogP contribution in [0.4, 0.5) is 0 Å². The van der Waals surface area contributed by atoms with E-state index in [1.807, 2.05) is 13.0 Å². The smallest absolute Gasteiger partial charge is 0.343 e. The third kappa shape index (κ3) is 5.74. The Labute approximate surface area is 181 Å². The van der Waals surface area contributed by atoms with Gasteiger partial charge in [-0.15, -0.1) is 0 Å². The lowest BCUT2D eigenvalue weighted by Crippen LogP contribution is -2.17. The molecule has 1 amide bonds. The fourth-order valence-corrected chi connectivity index (χ4v) is 2.82. The number of hydrogen-bond donors (Lipinski definition) is 1. The van der Waals surface area contributed by atoms with Gasteiger partial charge in [0.25, 0.3) is 5.91 Å². The molecule has 0 spiro atoms. The maximum atomic E-state index is 12.3. The van der Waals surface area contributed by atoms with Gasteiger partial charge in [-0.05, 0) is 64.8 Å². The lowest BCUT2D eigenvalue weighted by Gasteiger charge is -2.11. The van der Waals surface area contributed by atoms with Gasteiger partial charge in [0.05, 0.1) is 23.9 Å². The first-order valence-corrected chi connectivity index (χ1v) is 9.84. The van der Waals surface area contributed by atoms with Gasteiger partial charge in [0, 0.05) is 16.9 Å². The molecule has 3 aromatic rings. The molecular formula is C22H18BrN3O4. The minimum absolute atomic E-state index is 0.298. The predicted molar refractivity (Wildman–Crippen MR) is 116 cm³/mol. The molecule has 0 aliphatic rings. The largest absolute Gasteiger partial charge is 0.490 e. The molecule has 0 bridgehead atoms. The van der Waals surface area contributed by atoms with Crippen molar-refractivity contribution in [1.82, 2.24) is 10.4 Å². The molecule has 0 unspecified atom stereocenters. The van der Waals surface area contributed by atoms with Crippen LogP contribution in [-0.2, 0) is 0 Å². The summed E-state index contributed by atoms with van der Waals surface area (Å²) in [7, 11) is 0. The van der Waals surface area contributed by atoms with E-state index in [0.717, 1.165) is 0 Å². The fourth-order valence-electron chi connectivity index (χ4n) is 2.46. The third-order valence-electron chi connectivity index (χ3n) is 3.83. The van der Waals surface area contributed by atoms with E-state index < -0.39 is 11.9 Å². The maximum absolute atomic E-state index is 12.3. The topological polar surface area (TPSA) is 89.9 Å². The van der Waals surface area contributed by atoms with Gasteiger partial charge in [-0.2, -0.15) is 5.10 Å². The van der Waals surface area contributed by atoms with Crippen LogP contribution in [0.25, 0.3) is 0 Å². The minimum atomic E-state index is -0.479. The van der Waals surface area contributed by atoms with Crippen molar-refractivity contribution in [2.45, 2.75) is 6.92 Å². The number of ether oxygens (including phenoxy) is 2. The number of pyridine rings is 1. The number of rotatable bonds is 7. The molecule has 0 saturated carbocycles. The highest BCUT2D eigenvalue weighted by atomic mass is 79.9. The van der Waals surface area contributed by atoms with Crippen LogP contribution in [0, 0.1) is 0 Å². The summed E-state index contributed by atoms with van der Waals surface area (Å²) >= 11 is 3.27. The predicted octanol–water partition coefficient (Wildman–Crippen LogP) is 4.23. The molecule has 30 heavy (non-hydrogen) atoms. The van der Waals surface area contributed by atoms with Crippen LogP contribution in [0.15, 0.2) is 76.6 Å². The first-order chi connectivity index (χ1) is 14.6. The van der Waals surface area contributed by atoms with Gasteiger partial charge in [-0.1, -0.05) is 18.2 Å². The Balaban J connectivity index is 1.70. The Hall–Kier alpha value is -3.52. The average Bonchev–Trinajstić information content (AvgIpc) is 2.76. The van der Waals surface area contributed by atoms with Crippen LogP contribution in [0.2, 0.25) is 0 Å². The van der Waals surface area contributed by atoms with Gasteiger partial charge in [0.15, 0.2) is 11.5 Å². The van der Waals surface area contributed by atoms with Crippen LogP contribution in [0.3, 0.4) is 0 Å². The number of carbonyl (C=O) groups excluding carboxylic acids is 2. The molecule has 0 radical (unpaired) electrons. The maximum Gasteiger partial charge on any atom is 0.343 e. The summed E-state index contributed by atoms with van der Waals surface area (Å²) in [5.74, 6) is -0.174. The summed E-state index contributed by atoms with van der Waals surface area (Å²) in [5, 5.41) is 3.96. The molecule has 1 heterocycles. The van der Waals surface area contributed by atoms with Gasteiger partial charge >= 0.3 is 5.97 Å². The monoisotopic (exact) mass is 467 g/mol. The van der Waals surface area contributed by atoms with Crippen molar-refractivity contribution < 1.29 is 19.1 Å². The normalized spacial score (nSPS) is 10.6. The minimum Gasteiger partial charge on any atom is -0.490 e. The van der Waals surface area contributed by atoms with Gasteiger partial charge in [0.2, 0.25) is 0 Å². The van der Waals surface area contributed by atoms with Crippen LogP contribution < -0.4 is 14.9 Å². The van der Waals surface area contributed by atoms with E-state index in [0.29, 0.717) is 39.3 Å². The summed E-state index contributed by atoms with van der Waals surface area (Å²) in [6.07, 6.45) is 4.49. The number of amides is 1. The SMILES string of the molecule is CCOc1cc(C=NNC(=O)c2cncc(Br)c2)ccc1OC(=O)c1ccccc1. The number of hydrogen-bond acceptors (Lipinski definition) is 6. The van der Waals surface area contributed by atoms with Gasteiger partial charge in [0.1, 0.15) is 0 Å². The van der Waals surface area contributed by atoms with Crippen molar-refractivity contribution in [3.63, 3.8) is 0 Å². The first-order valence-electron chi connectivity index (χ1n) is 9.05. The highest BCUT2D eigenvalue weighted by molar-refractivity contribution is 9.10. The molecule has 0 aliphatic carbocycles. The Morgan fingerprint density at radius 1 is 1.07 bits per heavy atom.